The molecular weight excluding hydrogens is 218 g/mol. The summed E-state index contributed by atoms with van der Waals surface area (Å²) in [6.45, 7) is 10.5. The zero-order chi connectivity index (χ0) is 13.8. The fourth-order valence-electron chi connectivity index (χ4n) is 2.00. The molecule has 0 aromatic carbocycles. The minimum atomic E-state index is 0.197. The van der Waals surface area contributed by atoms with Gasteiger partial charge in [0, 0.05) is 5.92 Å². The van der Waals surface area contributed by atoms with Crippen molar-refractivity contribution in [3.05, 3.63) is 23.8 Å². The van der Waals surface area contributed by atoms with E-state index >= 15 is 0 Å². The summed E-state index contributed by atoms with van der Waals surface area (Å²) in [6.07, 6.45) is 11.5. The van der Waals surface area contributed by atoms with Crippen molar-refractivity contribution in [1.82, 2.24) is 0 Å². The lowest BCUT2D eigenvalue weighted by atomic mass is 9.96. The van der Waals surface area contributed by atoms with Gasteiger partial charge < -0.3 is 0 Å². The van der Waals surface area contributed by atoms with Gasteiger partial charge in [0.1, 0.15) is 0 Å². The Kier molecular flexibility index (Phi) is 10.4. The van der Waals surface area contributed by atoms with E-state index in [0.29, 0.717) is 0 Å². The summed E-state index contributed by atoms with van der Waals surface area (Å²) in [5, 5.41) is 8.74. The second-order valence-corrected chi connectivity index (χ2v) is 5.22. The first-order valence-electron chi connectivity index (χ1n) is 7.34. The van der Waals surface area contributed by atoms with Crippen LogP contribution in [0.5, 0.6) is 0 Å². The summed E-state index contributed by atoms with van der Waals surface area (Å²) >= 11 is 0. The quantitative estimate of drug-likeness (QED) is 0.448. The minimum absolute atomic E-state index is 0.197. The Hall–Kier alpha value is -1.03. The highest BCUT2D eigenvalue weighted by Crippen LogP contribution is 2.20. The Labute approximate surface area is 114 Å². The Morgan fingerprint density at radius 1 is 1.22 bits per heavy atom. The summed E-state index contributed by atoms with van der Waals surface area (Å²) in [5.41, 5.74) is 2.92. The monoisotopic (exact) mass is 247 g/mol. The van der Waals surface area contributed by atoms with E-state index in [1.165, 1.54) is 30.4 Å². The van der Waals surface area contributed by atoms with Crippen LogP contribution in [0.1, 0.15) is 72.1 Å². The first-order chi connectivity index (χ1) is 8.63. The molecule has 0 aromatic rings. The molecule has 0 aliphatic heterocycles. The fraction of sp³-hybridized carbons (Fsp3) is 0.706. The van der Waals surface area contributed by atoms with E-state index in [2.05, 4.69) is 32.6 Å². The molecule has 0 aliphatic rings. The molecule has 0 saturated heterocycles. The Balaban J connectivity index is 3.78. The lowest BCUT2D eigenvalue weighted by Crippen LogP contribution is -1.92. The molecule has 0 aromatic heterocycles. The van der Waals surface area contributed by atoms with Gasteiger partial charge in [-0.3, -0.25) is 0 Å². The minimum Gasteiger partial charge on any atom is -0.198 e. The molecule has 1 unspecified atom stereocenters. The largest absolute Gasteiger partial charge is 0.198 e. The van der Waals surface area contributed by atoms with Crippen LogP contribution in [0.15, 0.2) is 23.8 Å². The van der Waals surface area contributed by atoms with Gasteiger partial charge in [0.25, 0.3) is 0 Å². The molecule has 1 heteroatoms. The number of hydrogen-bond acceptors (Lipinski definition) is 1. The number of nitriles is 1. The fourth-order valence-corrected chi connectivity index (χ4v) is 2.00. The van der Waals surface area contributed by atoms with Crippen LogP contribution in [0.2, 0.25) is 0 Å². The predicted octanol–water partition coefficient (Wildman–Crippen LogP) is 5.79. The van der Waals surface area contributed by atoms with Crippen LogP contribution in [0.4, 0.5) is 0 Å². The van der Waals surface area contributed by atoms with Gasteiger partial charge >= 0.3 is 0 Å². The van der Waals surface area contributed by atoms with Gasteiger partial charge in [0.05, 0.1) is 6.07 Å². The second-order valence-electron chi connectivity index (χ2n) is 5.22. The van der Waals surface area contributed by atoms with Crippen LogP contribution in [0.25, 0.3) is 0 Å². The number of unbranched alkanes of at least 4 members (excludes halogenated alkanes) is 1. The summed E-state index contributed by atoms with van der Waals surface area (Å²) in [5.74, 6) is 0.197. The van der Waals surface area contributed by atoms with Crippen molar-refractivity contribution in [2.45, 2.75) is 72.1 Å². The Bertz CT molecular complexity index is 293. The van der Waals surface area contributed by atoms with E-state index in [1.807, 2.05) is 6.92 Å². The first-order valence-corrected chi connectivity index (χ1v) is 7.34. The molecule has 0 spiro atoms. The molecule has 18 heavy (non-hydrogen) atoms. The molecule has 1 nitrogen and oxygen atoms in total. The topological polar surface area (TPSA) is 23.8 Å². The average molecular weight is 247 g/mol. The van der Waals surface area contributed by atoms with Gasteiger partial charge in [0.15, 0.2) is 0 Å². The van der Waals surface area contributed by atoms with Crippen molar-refractivity contribution >= 4 is 0 Å². The maximum absolute atomic E-state index is 8.74. The van der Waals surface area contributed by atoms with Gasteiger partial charge in [-0.05, 0) is 58.8 Å². The van der Waals surface area contributed by atoms with Gasteiger partial charge in [-0.25, -0.2) is 0 Å². The molecule has 102 valence electrons. The summed E-state index contributed by atoms with van der Waals surface area (Å²) < 4.78 is 0. The molecule has 0 rings (SSSR count). The normalized spacial score (nSPS) is 13.1. The van der Waals surface area contributed by atoms with Crippen molar-refractivity contribution in [2.75, 3.05) is 0 Å². The smallest absolute Gasteiger partial charge is 0.0652 e. The van der Waals surface area contributed by atoms with Crippen molar-refractivity contribution in [3.63, 3.8) is 0 Å². The average Bonchev–Trinajstić information content (AvgIpc) is 2.39. The van der Waals surface area contributed by atoms with Crippen molar-refractivity contribution < 1.29 is 0 Å². The van der Waals surface area contributed by atoms with E-state index in [0.717, 1.165) is 32.1 Å². The summed E-state index contributed by atoms with van der Waals surface area (Å²) in [4.78, 5) is 0. The molecule has 0 fully saturated rings. The SMILES string of the molecule is C=C(CCCC)CC/C(=C/C)CCCC(C)C#N. The van der Waals surface area contributed by atoms with Crippen LogP contribution >= 0.6 is 0 Å². The van der Waals surface area contributed by atoms with Gasteiger partial charge in [-0.1, -0.05) is 37.1 Å². The van der Waals surface area contributed by atoms with Gasteiger partial charge in [-0.2, -0.15) is 5.26 Å². The van der Waals surface area contributed by atoms with Crippen LogP contribution in [0.3, 0.4) is 0 Å². The number of allylic oxidation sites excluding steroid dienone is 3. The molecule has 0 bridgehead atoms. The molecule has 0 aliphatic carbocycles. The lowest BCUT2D eigenvalue weighted by molar-refractivity contribution is 0.606. The van der Waals surface area contributed by atoms with E-state index in [1.54, 1.807) is 0 Å². The predicted molar refractivity (Wildman–Crippen MR) is 80.3 cm³/mol. The van der Waals surface area contributed by atoms with Gasteiger partial charge in [-0.15, -0.1) is 0 Å². The van der Waals surface area contributed by atoms with Crippen LogP contribution in [0, 0.1) is 17.2 Å². The van der Waals surface area contributed by atoms with Crippen molar-refractivity contribution in [2.24, 2.45) is 5.92 Å². The van der Waals surface area contributed by atoms with E-state index < -0.39 is 0 Å². The zero-order valence-electron chi connectivity index (χ0n) is 12.5. The molecule has 0 N–H and O–H groups in total. The highest BCUT2D eigenvalue weighted by molar-refractivity contribution is 5.05. The summed E-state index contributed by atoms with van der Waals surface area (Å²) in [7, 11) is 0. The Morgan fingerprint density at radius 3 is 2.50 bits per heavy atom. The highest BCUT2D eigenvalue weighted by Gasteiger charge is 2.03. The third-order valence-corrected chi connectivity index (χ3v) is 3.45. The van der Waals surface area contributed by atoms with E-state index in [4.69, 9.17) is 5.26 Å². The Morgan fingerprint density at radius 2 is 1.94 bits per heavy atom. The highest BCUT2D eigenvalue weighted by atomic mass is 14.3. The maximum Gasteiger partial charge on any atom is 0.0652 e. The standard InChI is InChI=1S/C17H29N/c1-5-7-9-15(3)12-13-17(6-2)11-8-10-16(4)14-18/h6,16H,3,5,7-13H2,1-2,4H3/b17-6+. The molecule has 0 saturated carbocycles. The number of rotatable bonds is 10. The molecule has 0 amide bonds. The van der Waals surface area contributed by atoms with Crippen molar-refractivity contribution in [1.29, 1.82) is 5.26 Å². The third kappa shape index (κ3) is 9.05. The first kappa shape index (κ1) is 17.0. The number of hydrogen-bond donors (Lipinski definition) is 0. The van der Waals surface area contributed by atoms with E-state index in [9.17, 15) is 0 Å². The molecule has 0 heterocycles. The molecular formula is C17H29N. The third-order valence-electron chi connectivity index (χ3n) is 3.45. The molecule has 1 atom stereocenters. The van der Waals surface area contributed by atoms with E-state index in [-0.39, 0.29) is 5.92 Å². The lowest BCUT2D eigenvalue weighted by Gasteiger charge is -2.09. The number of nitrogens with zero attached hydrogens (tertiary/aromatic N) is 1. The van der Waals surface area contributed by atoms with Crippen LogP contribution < -0.4 is 0 Å². The molecule has 0 radical (unpaired) electrons. The zero-order valence-corrected chi connectivity index (χ0v) is 12.5. The summed E-state index contributed by atoms with van der Waals surface area (Å²) in [6, 6.07) is 2.30. The van der Waals surface area contributed by atoms with Gasteiger partial charge in [0.2, 0.25) is 0 Å². The second kappa shape index (κ2) is 11.1. The maximum atomic E-state index is 8.74. The van der Waals surface area contributed by atoms with Crippen molar-refractivity contribution in [3.8, 4) is 6.07 Å². The van der Waals surface area contributed by atoms with Crippen LogP contribution in [-0.2, 0) is 0 Å². The van der Waals surface area contributed by atoms with Crippen LogP contribution in [-0.4, -0.2) is 0 Å².